The van der Waals surface area contributed by atoms with Gasteiger partial charge in [0.1, 0.15) is 17.3 Å². The molecule has 1 saturated carbocycles. The Hall–Kier alpha value is -4.75. The van der Waals surface area contributed by atoms with Crippen LogP contribution in [0.1, 0.15) is 37.7 Å². The molecule has 0 saturated heterocycles. The van der Waals surface area contributed by atoms with Crippen molar-refractivity contribution < 1.29 is 17.5 Å². The highest BCUT2D eigenvalue weighted by molar-refractivity contribution is 7.88. The number of aromatic amines is 2. The van der Waals surface area contributed by atoms with Crippen molar-refractivity contribution in [2.24, 2.45) is 0 Å². The summed E-state index contributed by atoms with van der Waals surface area (Å²) in [5, 5.41) is 8.34. The molecule has 1 fully saturated rings. The first-order valence-corrected chi connectivity index (χ1v) is 16.2. The summed E-state index contributed by atoms with van der Waals surface area (Å²) in [6.45, 7) is -0.0349. The van der Waals surface area contributed by atoms with Crippen molar-refractivity contribution in [2.45, 2.75) is 44.8 Å². The number of halogens is 1. The lowest BCUT2D eigenvalue weighted by molar-refractivity contribution is 0.154. The zero-order valence-electron chi connectivity index (χ0n) is 23.8. The minimum absolute atomic E-state index is 0.0349. The summed E-state index contributed by atoms with van der Waals surface area (Å²) < 4.78 is 46.4. The molecular formula is C31H29FN8O3S. The monoisotopic (exact) mass is 612 g/mol. The molecule has 11 nitrogen and oxygen atoms in total. The standard InChI is InChI=1S/C31H29FN8O3S/c1-44(41,42)36-14-18-9-19(11-21(32)10-18)24-7-8-34-30-28(24)37-31(38-30)29-25-13-26(35-17-27(25)39-40-29)20-12-23(16-33-15-20)43-22-5-3-2-4-6-22/h7-13,15-17,22,36H,2-6,14H2,1H3,(H,39,40)(H,34,37,38). The fourth-order valence-electron chi connectivity index (χ4n) is 5.64. The van der Waals surface area contributed by atoms with Crippen molar-refractivity contribution in [3.8, 4) is 39.7 Å². The first-order chi connectivity index (χ1) is 21.3. The van der Waals surface area contributed by atoms with Crippen molar-refractivity contribution in [1.29, 1.82) is 0 Å². The van der Waals surface area contributed by atoms with Gasteiger partial charge >= 0.3 is 0 Å². The van der Waals surface area contributed by atoms with Gasteiger partial charge in [-0.1, -0.05) is 6.42 Å². The molecule has 1 aliphatic rings. The number of nitrogens with one attached hydrogen (secondary N) is 3. The van der Waals surface area contributed by atoms with Gasteiger partial charge in [-0.2, -0.15) is 5.10 Å². The number of fused-ring (bicyclic) bond motifs is 2. The minimum Gasteiger partial charge on any atom is -0.489 e. The lowest BCUT2D eigenvalue weighted by Gasteiger charge is -2.22. The highest BCUT2D eigenvalue weighted by atomic mass is 32.2. The zero-order valence-corrected chi connectivity index (χ0v) is 24.7. The molecule has 1 aromatic carbocycles. The maximum atomic E-state index is 14.6. The van der Waals surface area contributed by atoms with E-state index >= 15 is 0 Å². The first kappa shape index (κ1) is 28.0. The molecule has 0 atom stereocenters. The molecule has 6 aromatic rings. The van der Waals surface area contributed by atoms with Gasteiger partial charge in [-0.25, -0.2) is 27.5 Å². The largest absolute Gasteiger partial charge is 0.489 e. The van der Waals surface area contributed by atoms with E-state index in [0.29, 0.717) is 45.1 Å². The van der Waals surface area contributed by atoms with Gasteiger partial charge in [0.2, 0.25) is 10.0 Å². The van der Waals surface area contributed by atoms with Gasteiger partial charge < -0.3 is 9.72 Å². The molecule has 0 bridgehead atoms. The van der Waals surface area contributed by atoms with E-state index in [1.807, 2.05) is 12.1 Å². The summed E-state index contributed by atoms with van der Waals surface area (Å²) in [4.78, 5) is 21.5. The molecule has 44 heavy (non-hydrogen) atoms. The van der Waals surface area contributed by atoms with Crippen LogP contribution in [-0.4, -0.2) is 55.9 Å². The number of sulfonamides is 1. The second kappa shape index (κ2) is 11.4. The smallest absolute Gasteiger partial charge is 0.209 e. The van der Waals surface area contributed by atoms with Crippen LogP contribution >= 0.6 is 0 Å². The van der Waals surface area contributed by atoms with Crippen LogP contribution in [0.5, 0.6) is 5.75 Å². The molecular weight excluding hydrogens is 583 g/mol. The van der Waals surface area contributed by atoms with E-state index in [9.17, 15) is 12.8 Å². The number of pyridine rings is 3. The van der Waals surface area contributed by atoms with Gasteiger partial charge in [-0.15, -0.1) is 0 Å². The van der Waals surface area contributed by atoms with Crippen LogP contribution in [0.15, 0.2) is 61.2 Å². The van der Waals surface area contributed by atoms with Crippen LogP contribution in [0.3, 0.4) is 0 Å². The molecule has 0 radical (unpaired) electrons. The maximum absolute atomic E-state index is 14.6. The van der Waals surface area contributed by atoms with E-state index in [1.165, 1.54) is 31.4 Å². The molecule has 13 heteroatoms. The zero-order chi connectivity index (χ0) is 30.3. The van der Waals surface area contributed by atoms with Crippen LogP contribution in [0, 0.1) is 5.82 Å². The molecule has 0 aliphatic heterocycles. The molecule has 1 aliphatic carbocycles. The van der Waals surface area contributed by atoms with Gasteiger partial charge in [0.25, 0.3) is 0 Å². The Kier molecular flexibility index (Phi) is 7.26. The molecule has 224 valence electrons. The van der Waals surface area contributed by atoms with E-state index in [0.717, 1.165) is 41.3 Å². The van der Waals surface area contributed by atoms with Crippen molar-refractivity contribution >= 4 is 32.1 Å². The lowest BCUT2D eigenvalue weighted by atomic mass is 9.98. The van der Waals surface area contributed by atoms with E-state index in [1.54, 1.807) is 36.9 Å². The predicted molar refractivity (Wildman–Crippen MR) is 165 cm³/mol. The quantitative estimate of drug-likeness (QED) is 0.203. The average molecular weight is 613 g/mol. The number of benzene rings is 1. The van der Waals surface area contributed by atoms with E-state index in [4.69, 9.17) is 9.72 Å². The number of hydrogen-bond acceptors (Lipinski definition) is 8. The highest BCUT2D eigenvalue weighted by Crippen LogP contribution is 2.33. The van der Waals surface area contributed by atoms with E-state index in [2.05, 4.69) is 34.9 Å². The predicted octanol–water partition coefficient (Wildman–Crippen LogP) is 5.53. The Bertz CT molecular complexity index is 2100. The summed E-state index contributed by atoms with van der Waals surface area (Å²) in [5.74, 6) is 0.719. The minimum atomic E-state index is -3.44. The number of rotatable bonds is 8. The Labute approximate surface area is 252 Å². The number of ether oxygens (including phenoxy) is 1. The van der Waals surface area contributed by atoms with Crippen LogP contribution in [0.4, 0.5) is 4.39 Å². The van der Waals surface area contributed by atoms with Gasteiger partial charge in [-0.3, -0.25) is 15.1 Å². The molecule has 0 unspecified atom stereocenters. The fourth-order valence-corrected chi connectivity index (χ4v) is 6.07. The third-order valence-corrected chi connectivity index (χ3v) is 8.40. The van der Waals surface area contributed by atoms with Crippen LogP contribution in [0.2, 0.25) is 0 Å². The molecule has 3 N–H and O–H groups in total. The van der Waals surface area contributed by atoms with Crippen molar-refractivity contribution in [2.75, 3.05) is 6.26 Å². The molecule has 5 heterocycles. The highest BCUT2D eigenvalue weighted by Gasteiger charge is 2.19. The number of hydrogen-bond donors (Lipinski definition) is 3. The van der Waals surface area contributed by atoms with E-state index in [-0.39, 0.29) is 12.6 Å². The van der Waals surface area contributed by atoms with Crippen molar-refractivity contribution in [1.82, 2.24) is 39.8 Å². The van der Waals surface area contributed by atoms with Gasteiger partial charge in [0.05, 0.1) is 41.5 Å². The number of H-pyrrole nitrogens is 2. The lowest BCUT2D eigenvalue weighted by Crippen LogP contribution is -2.21. The van der Waals surface area contributed by atoms with E-state index < -0.39 is 15.8 Å². The summed E-state index contributed by atoms with van der Waals surface area (Å²) >= 11 is 0. The third-order valence-electron chi connectivity index (χ3n) is 7.73. The Morgan fingerprint density at radius 2 is 1.89 bits per heavy atom. The second-order valence-electron chi connectivity index (χ2n) is 11.1. The third kappa shape index (κ3) is 5.88. The van der Waals surface area contributed by atoms with Crippen LogP contribution in [0.25, 0.3) is 56.0 Å². The second-order valence-corrected chi connectivity index (χ2v) is 12.9. The molecule has 7 rings (SSSR count). The number of aromatic nitrogens is 7. The summed E-state index contributed by atoms with van der Waals surface area (Å²) in [5.41, 5.74) is 5.57. The molecule has 5 aromatic heterocycles. The SMILES string of the molecule is CS(=O)(=O)NCc1cc(F)cc(-c2ccnc3nc(-c4n[nH]c5cnc(-c6cncc(OC7CCCCC7)c6)cc45)[nH]c23)c1. The van der Waals surface area contributed by atoms with Crippen molar-refractivity contribution in [3.63, 3.8) is 0 Å². The van der Waals surface area contributed by atoms with Crippen LogP contribution < -0.4 is 9.46 Å². The van der Waals surface area contributed by atoms with Gasteiger partial charge in [0.15, 0.2) is 11.5 Å². The molecule has 0 spiro atoms. The molecule has 0 amide bonds. The summed E-state index contributed by atoms with van der Waals surface area (Å²) in [7, 11) is -3.44. The van der Waals surface area contributed by atoms with Gasteiger partial charge in [-0.05, 0) is 73.2 Å². The fraction of sp³-hybridized carbons (Fsp3) is 0.258. The summed E-state index contributed by atoms with van der Waals surface area (Å²) in [6.07, 6.45) is 13.8. The normalized spacial score (nSPS) is 14.4. The van der Waals surface area contributed by atoms with Gasteiger partial charge in [0, 0.05) is 35.5 Å². The Morgan fingerprint density at radius 1 is 1.02 bits per heavy atom. The Balaban J connectivity index is 1.23. The number of nitrogens with zero attached hydrogens (tertiary/aromatic N) is 5. The van der Waals surface area contributed by atoms with Crippen molar-refractivity contribution in [3.05, 3.63) is 72.6 Å². The Morgan fingerprint density at radius 3 is 2.73 bits per heavy atom. The summed E-state index contributed by atoms with van der Waals surface area (Å²) in [6, 6.07) is 10.1. The van der Waals surface area contributed by atoms with Crippen LogP contribution in [-0.2, 0) is 16.6 Å². The maximum Gasteiger partial charge on any atom is 0.209 e. The average Bonchev–Trinajstić information content (AvgIpc) is 3.64. The first-order valence-electron chi connectivity index (χ1n) is 14.3. The topological polar surface area (TPSA) is 151 Å². The number of imidazole rings is 1.